The molecule has 0 aliphatic rings. The van der Waals surface area contributed by atoms with Gasteiger partial charge in [0.15, 0.2) is 9.84 Å². The van der Waals surface area contributed by atoms with E-state index in [1.807, 2.05) is 13.8 Å². The van der Waals surface area contributed by atoms with Crippen molar-refractivity contribution in [3.8, 4) is 0 Å². The molecule has 0 saturated carbocycles. The average molecular weight is 270 g/mol. The van der Waals surface area contributed by atoms with Crippen molar-refractivity contribution < 1.29 is 13.2 Å². The first-order valence-corrected chi connectivity index (χ1v) is 7.47. The molecule has 1 atom stereocenters. The third kappa shape index (κ3) is 3.73. The first-order chi connectivity index (χ1) is 8.21. The van der Waals surface area contributed by atoms with Crippen molar-refractivity contribution in [2.24, 2.45) is 11.7 Å². The highest BCUT2D eigenvalue weighted by Gasteiger charge is 2.19. The van der Waals surface area contributed by atoms with Crippen LogP contribution in [-0.4, -0.2) is 26.6 Å². The summed E-state index contributed by atoms with van der Waals surface area (Å²) in [6, 6.07) is 5.75. The van der Waals surface area contributed by atoms with Gasteiger partial charge in [-0.2, -0.15) is 0 Å². The molecule has 0 bridgehead atoms. The molecular weight excluding hydrogens is 252 g/mol. The van der Waals surface area contributed by atoms with Gasteiger partial charge in [0.25, 0.3) is 0 Å². The Labute approximate surface area is 107 Å². The maximum Gasteiger partial charge on any atom is 0.240 e. The molecule has 0 saturated heterocycles. The summed E-state index contributed by atoms with van der Waals surface area (Å²) in [5.74, 6) is -0.380. The second-order valence-electron chi connectivity index (χ2n) is 4.56. The Morgan fingerprint density at radius 1 is 1.22 bits per heavy atom. The number of rotatable bonds is 5. The number of anilines is 1. The molecule has 0 aliphatic heterocycles. The van der Waals surface area contributed by atoms with E-state index >= 15 is 0 Å². The summed E-state index contributed by atoms with van der Waals surface area (Å²) in [4.78, 5) is 11.5. The van der Waals surface area contributed by atoms with E-state index in [1.165, 1.54) is 12.1 Å². The lowest BCUT2D eigenvalue weighted by atomic mass is 10.0. The fourth-order valence-corrected chi connectivity index (χ4v) is 2.17. The molecule has 6 heteroatoms. The van der Waals surface area contributed by atoms with E-state index in [-0.39, 0.29) is 10.8 Å². The van der Waals surface area contributed by atoms with E-state index in [0.29, 0.717) is 5.69 Å². The minimum absolute atomic E-state index is 0.0529. The van der Waals surface area contributed by atoms with Gasteiger partial charge in [-0.15, -0.1) is 0 Å². The molecule has 1 aromatic rings. The summed E-state index contributed by atoms with van der Waals surface area (Å²) < 4.78 is 22.6. The van der Waals surface area contributed by atoms with Crippen LogP contribution >= 0.6 is 0 Å². The van der Waals surface area contributed by atoms with Crippen LogP contribution in [0.25, 0.3) is 0 Å². The Morgan fingerprint density at radius 2 is 1.72 bits per heavy atom. The molecule has 0 heterocycles. The Kier molecular flexibility index (Phi) is 4.34. The van der Waals surface area contributed by atoms with Crippen LogP contribution < -0.4 is 11.1 Å². The van der Waals surface area contributed by atoms with Crippen LogP contribution in [0.4, 0.5) is 5.69 Å². The van der Waals surface area contributed by atoms with Crippen molar-refractivity contribution in [3.05, 3.63) is 24.3 Å². The Hall–Kier alpha value is -1.56. The molecular formula is C12H18N2O3S. The first-order valence-electron chi connectivity index (χ1n) is 5.58. The third-order valence-electron chi connectivity index (χ3n) is 2.58. The molecule has 3 N–H and O–H groups in total. The lowest BCUT2D eigenvalue weighted by molar-refractivity contribution is -0.119. The van der Waals surface area contributed by atoms with Crippen LogP contribution in [-0.2, 0) is 14.6 Å². The Bertz CT molecular complexity index is 521. The van der Waals surface area contributed by atoms with Crippen molar-refractivity contribution in [1.82, 2.24) is 0 Å². The molecule has 1 aromatic carbocycles. The van der Waals surface area contributed by atoms with E-state index < -0.39 is 21.8 Å². The number of hydrogen-bond donors (Lipinski definition) is 2. The van der Waals surface area contributed by atoms with Crippen LogP contribution in [0.2, 0.25) is 0 Å². The summed E-state index contributed by atoms with van der Waals surface area (Å²) in [5.41, 5.74) is 5.95. The molecule has 100 valence electrons. The molecule has 0 radical (unpaired) electrons. The number of nitrogens with one attached hydrogen (secondary N) is 1. The quantitative estimate of drug-likeness (QED) is 0.835. The summed E-state index contributed by atoms with van der Waals surface area (Å²) in [5, 5.41) is 2.99. The van der Waals surface area contributed by atoms with Gasteiger partial charge in [0.2, 0.25) is 5.91 Å². The standard InChI is InChI=1S/C12H18N2O3S/c1-8(2)11(12(13)15)14-9-4-6-10(7-5-9)18(3,16)17/h4-8,11,14H,1-3H3,(H2,13,15). The van der Waals surface area contributed by atoms with E-state index in [1.54, 1.807) is 12.1 Å². The number of sulfone groups is 1. The second-order valence-corrected chi connectivity index (χ2v) is 6.58. The SMILES string of the molecule is CC(C)C(Nc1ccc(S(C)(=O)=O)cc1)C(N)=O. The first kappa shape index (κ1) is 14.5. The fraction of sp³-hybridized carbons (Fsp3) is 0.417. The lowest BCUT2D eigenvalue weighted by Gasteiger charge is -2.20. The van der Waals surface area contributed by atoms with Crippen LogP contribution in [0.5, 0.6) is 0 Å². The highest BCUT2D eigenvalue weighted by Crippen LogP contribution is 2.16. The average Bonchev–Trinajstić information content (AvgIpc) is 2.24. The topological polar surface area (TPSA) is 89.3 Å². The highest BCUT2D eigenvalue weighted by atomic mass is 32.2. The number of hydrogen-bond acceptors (Lipinski definition) is 4. The third-order valence-corrected chi connectivity index (χ3v) is 3.71. The number of amides is 1. The lowest BCUT2D eigenvalue weighted by Crippen LogP contribution is -2.39. The van der Waals surface area contributed by atoms with Gasteiger partial charge in [0.1, 0.15) is 6.04 Å². The van der Waals surface area contributed by atoms with Gasteiger partial charge in [-0.25, -0.2) is 8.42 Å². The van der Waals surface area contributed by atoms with Gasteiger partial charge in [0.05, 0.1) is 4.90 Å². The minimum atomic E-state index is -3.20. The van der Waals surface area contributed by atoms with Crippen molar-refractivity contribution in [1.29, 1.82) is 0 Å². The van der Waals surface area contributed by atoms with Gasteiger partial charge in [-0.1, -0.05) is 13.8 Å². The number of nitrogens with two attached hydrogens (primary N) is 1. The molecule has 0 spiro atoms. The maximum atomic E-state index is 11.3. The summed E-state index contributed by atoms with van der Waals surface area (Å²) in [6.45, 7) is 3.76. The van der Waals surface area contributed by atoms with Crippen LogP contribution in [0, 0.1) is 5.92 Å². The van der Waals surface area contributed by atoms with Gasteiger partial charge in [0, 0.05) is 11.9 Å². The molecule has 0 aliphatic carbocycles. The van der Waals surface area contributed by atoms with Gasteiger partial charge in [-0.05, 0) is 30.2 Å². The maximum absolute atomic E-state index is 11.3. The van der Waals surface area contributed by atoms with Gasteiger partial charge in [-0.3, -0.25) is 4.79 Å². The van der Waals surface area contributed by atoms with E-state index in [2.05, 4.69) is 5.32 Å². The summed E-state index contributed by atoms with van der Waals surface area (Å²) >= 11 is 0. The van der Waals surface area contributed by atoms with Crippen molar-refractivity contribution in [2.75, 3.05) is 11.6 Å². The Balaban J connectivity index is 2.90. The van der Waals surface area contributed by atoms with Crippen LogP contribution in [0.15, 0.2) is 29.2 Å². The predicted octanol–water partition coefficient (Wildman–Crippen LogP) is 1.01. The minimum Gasteiger partial charge on any atom is -0.373 e. The molecule has 1 unspecified atom stereocenters. The fourth-order valence-electron chi connectivity index (χ4n) is 1.54. The van der Waals surface area contributed by atoms with Crippen molar-refractivity contribution >= 4 is 21.4 Å². The molecule has 1 amide bonds. The Morgan fingerprint density at radius 3 is 2.06 bits per heavy atom. The van der Waals surface area contributed by atoms with E-state index in [0.717, 1.165) is 6.26 Å². The zero-order valence-corrected chi connectivity index (χ0v) is 11.5. The molecule has 0 aromatic heterocycles. The predicted molar refractivity (Wildman–Crippen MR) is 71.0 cm³/mol. The largest absolute Gasteiger partial charge is 0.373 e. The van der Waals surface area contributed by atoms with Crippen LogP contribution in [0.1, 0.15) is 13.8 Å². The number of primary amides is 1. The van der Waals surface area contributed by atoms with Crippen molar-refractivity contribution in [3.63, 3.8) is 0 Å². The normalized spacial score (nSPS) is 13.3. The zero-order chi connectivity index (χ0) is 13.9. The number of benzene rings is 1. The smallest absolute Gasteiger partial charge is 0.240 e. The van der Waals surface area contributed by atoms with Crippen molar-refractivity contribution in [2.45, 2.75) is 24.8 Å². The molecule has 5 nitrogen and oxygen atoms in total. The molecule has 0 fully saturated rings. The highest BCUT2D eigenvalue weighted by molar-refractivity contribution is 7.90. The number of carbonyl (C=O) groups excluding carboxylic acids is 1. The van der Waals surface area contributed by atoms with E-state index in [9.17, 15) is 13.2 Å². The van der Waals surface area contributed by atoms with Gasteiger partial charge < -0.3 is 11.1 Å². The molecule has 18 heavy (non-hydrogen) atoms. The second kappa shape index (κ2) is 5.39. The number of carbonyl (C=O) groups is 1. The van der Waals surface area contributed by atoms with Gasteiger partial charge >= 0.3 is 0 Å². The van der Waals surface area contributed by atoms with E-state index in [4.69, 9.17) is 5.73 Å². The zero-order valence-electron chi connectivity index (χ0n) is 10.7. The monoisotopic (exact) mass is 270 g/mol. The van der Waals surface area contributed by atoms with Crippen LogP contribution in [0.3, 0.4) is 0 Å². The summed E-state index contributed by atoms with van der Waals surface area (Å²) in [7, 11) is -3.20. The molecule has 1 rings (SSSR count). The summed E-state index contributed by atoms with van der Waals surface area (Å²) in [6.07, 6.45) is 1.15.